The summed E-state index contributed by atoms with van der Waals surface area (Å²) in [6.45, 7) is 0. The molecule has 4 heteroatoms. The Balaban J connectivity index is 2.12. The zero-order chi connectivity index (χ0) is 12.9. The maximum absolute atomic E-state index is 4.24. The van der Waals surface area contributed by atoms with Crippen LogP contribution in [-0.4, -0.2) is 15.0 Å². The standard InChI is InChI=1S/C15H12N4/c1-3-7-13(8-4-1)19(14-9-5-2-6-10-14)15-17-11-16-12-18-15/h1-12H. The molecule has 1 heterocycles. The number of rotatable bonds is 3. The molecule has 0 bridgehead atoms. The molecule has 3 aromatic rings. The molecule has 0 saturated heterocycles. The molecule has 0 atom stereocenters. The molecule has 3 rings (SSSR count). The summed E-state index contributed by atoms with van der Waals surface area (Å²) < 4.78 is 0. The lowest BCUT2D eigenvalue weighted by atomic mass is 10.2. The third-order valence-corrected chi connectivity index (χ3v) is 2.71. The Kier molecular flexibility index (Phi) is 3.14. The smallest absolute Gasteiger partial charge is 0.237 e. The average molecular weight is 248 g/mol. The lowest BCUT2D eigenvalue weighted by molar-refractivity contribution is 1.01. The van der Waals surface area contributed by atoms with Crippen molar-refractivity contribution in [3.63, 3.8) is 0 Å². The zero-order valence-corrected chi connectivity index (χ0v) is 10.2. The molecular weight excluding hydrogens is 236 g/mol. The molecule has 1 aromatic heterocycles. The van der Waals surface area contributed by atoms with E-state index >= 15 is 0 Å². The van der Waals surface area contributed by atoms with Gasteiger partial charge in [0.1, 0.15) is 12.7 Å². The van der Waals surface area contributed by atoms with E-state index in [0.717, 1.165) is 11.4 Å². The molecule has 0 aliphatic rings. The van der Waals surface area contributed by atoms with Crippen LogP contribution in [0.3, 0.4) is 0 Å². The molecule has 0 radical (unpaired) electrons. The van der Waals surface area contributed by atoms with Crippen molar-refractivity contribution < 1.29 is 0 Å². The molecule has 4 nitrogen and oxygen atoms in total. The van der Waals surface area contributed by atoms with Crippen LogP contribution in [0.5, 0.6) is 0 Å². The van der Waals surface area contributed by atoms with Gasteiger partial charge in [-0.1, -0.05) is 36.4 Å². The van der Waals surface area contributed by atoms with Crippen molar-refractivity contribution in [3.05, 3.63) is 73.3 Å². The van der Waals surface area contributed by atoms with Crippen molar-refractivity contribution in [2.24, 2.45) is 0 Å². The Morgan fingerprint density at radius 3 is 1.58 bits per heavy atom. The Morgan fingerprint density at radius 2 is 1.11 bits per heavy atom. The Bertz CT molecular complexity index is 532. The highest BCUT2D eigenvalue weighted by Gasteiger charge is 2.13. The monoisotopic (exact) mass is 248 g/mol. The summed E-state index contributed by atoms with van der Waals surface area (Å²) in [7, 11) is 0. The number of nitrogens with zero attached hydrogens (tertiary/aromatic N) is 4. The molecule has 0 amide bonds. The molecule has 0 N–H and O–H groups in total. The van der Waals surface area contributed by atoms with Crippen LogP contribution in [0.2, 0.25) is 0 Å². The zero-order valence-electron chi connectivity index (χ0n) is 10.2. The third kappa shape index (κ3) is 2.42. The van der Waals surface area contributed by atoms with Gasteiger partial charge in [0.2, 0.25) is 5.95 Å². The van der Waals surface area contributed by atoms with E-state index in [-0.39, 0.29) is 0 Å². The van der Waals surface area contributed by atoms with Gasteiger partial charge >= 0.3 is 0 Å². The van der Waals surface area contributed by atoms with Gasteiger partial charge in [0.25, 0.3) is 0 Å². The van der Waals surface area contributed by atoms with E-state index in [1.807, 2.05) is 65.6 Å². The Labute approximate surface area is 111 Å². The molecule has 92 valence electrons. The molecule has 0 spiro atoms. The third-order valence-electron chi connectivity index (χ3n) is 2.71. The van der Waals surface area contributed by atoms with E-state index in [1.54, 1.807) is 0 Å². The Hall–Kier alpha value is -2.75. The van der Waals surface area contributed by atoms with E-state index < -0.39 is 0 Å². The highest BCUT2D eigenvalue weighted by molar-refractivity contribution is 5.71. The van der Waals surface area contributed by atoms with Crippen LogP contribution in [0, 0.1) is 0 Å². The summed E-state index contributed by atoms with van der Waals surface area (Å²) in [5.74, 6) is 0.604. The molecule has 19 heavy (non-hydrogen) atoms. The minimum atomic E-state index is 0.604. The molecule has 0 aliphatic heterocycles. The quantitative estimate of drug-likeness (QED) is 0.713. The van der Waals surface area contributed by atoms with Gasteiger partial charge in [-0.05, 0) is 24.3 Å². The number of hydrogen-bond acceptors (Lipinski definition) is 4. The van der Waals surface area contributed by atoms with Gasteiger partial charge < -0.3 is 0 Å². The first-order chi connectivity index (χ1) is 9.45. The molecule has 0 aliphatic carbocycles. The van der Waals surface area contributed by atoms with Gasteiger partial charge in [0, 0.05) is 11.4 Å². The largest absolute Gasteiger partial charge is 0.279 e. The van der Waals surface area contributed by atoms with E-state index in [2.05, 4.69) is 15.0 Å². The van der Waals surface area contributed by atoms with Gasteiger partial charge in [0.05, 0.1) is 0 Å². The van der Waals surface area contributed by atoms with E-state index in [4.69, 9.17) is 0 Å². The highest BCUT2D eigenvalue weighted by Crippen LogP contribution is 2.30. The lowest BCUT2D eigenvalue weighted by Gasteiger charge is -2.22. The van der Waals surface area contributed by atoms with Gasteiger partial charge in [-0.2, -0.15) is 0 Å². The first kappa shape index (κ1) is 11.3. The van der Waals surface area contributed by atoms with Crippen molar-refractivity contribution >= 4 is 17.3 Å². The van der Waals surface area contributed by atoms with Crippen molar-refractivity contribution in [1.29, 1.82) is 0 Å². The number of para-hydroxylation sites is 2. The fourth-order valence-electron chi connectivity index (χ4n) is 1.88. The van der Waals surface area contributed by atoms with E-state index in [9.17, 15) is 0 Å². The molecule has 2 aromatic carbocycles. The molecule has 0 unspecified atom stereocenters. The second kappa shape index (κ2) is 5.27. The van der Waals surface area contributed by atoms with Crippen molar-refractivity contribution in [1.82, 2.24) is 15.0 Å². The molecule has 0 saturated carbocycles. The second-order valence-corrected chi connectivity index (χ2v) is 3.94. The topological polar surface area (TPSA) is 41.9 Å². The highest BCUT2D eigenvalue weighted by atomic mass is 15.3. The first-order valence-corrected chi connectivity index (χ1v) is 5.97. The van der Waals surface area contributed by atoms with E-state index in [0.29, 0.717) is 5.95 Å². The van der Waals surface area contributed by atoms with Gasteiger partial charge in [-0.3, -0.25) is 4.90 Å². The average Bonchev–Trinajstić information content (AvgIpc) is 2.51. The van der Waals surface area contributed by atoms with E-state index in [1.165, 1.54) is 12.7 Å². The number of anilines is 3. The summed E-state index contributed by atoms with van der Waals surface area (Å²) in [5.41, 5.74) is 2.03. The summed E-state index contributed by atoms with van der Waals surface area (Å²) >= 11 is 0. The Morgan fingerprint density at radius 1 is 0.632 bits per heavy atom. The summed E-state index contributed by atoms with van der Waals surface area (Å²) in [6.07, 6.45) is 3.00. The summed E-state index contributed by atoms with van der Waals surface area (Å²) in [5, 5.41) is 0. The van der Waals surface area contributed by atoms with Crippen molar-refractivity contribution in [2.45, 2.75) is 0 Å². The maximum atomic E-state index is 4.24. The lowest BCUT2D eigenvalue weighted by Crippen LogP contribution is -2.13. The predicted molar refractivity (Wildman–Crippen MR) is 74.5 cm³/mol. The van der Waals surface area contributed by atoms with Gasteiger partial charge in [-0.15, -0.1) is 0 Å². The van der Waals surface area contributed by atoms with Crippen LogP contribution >= 0.6 is 0 Å². The minimum Gasteiger partial charge on any atom is -0.279 e. The first-order valence-electron chi connectivity index (χ1n) is 5.97. The minimum absolute atomic E-state index is 0.604. The van der Waals surface area contributed by atoms with Gasteiger partial charge in [-0.25, -0.2) is 15.0 Å². The SMILES string of the molecule is c1ccc(N(c2ccccc2)c2ncncn2)cc1. The van der Waals surface area contributed by atoms with Crippen molar-refractivity contribution in [3.8, 4) is 0 Å². The molecule has 0 fully saturated rings. The summed E-state index contributed by atoms with van der Waals surface area (Å²) in [6, 6.07) is 20.0. The van der Waals surface area contributed by atoms with Crippen LogP contribution in [0.4, 0.5) is 17.3 Å². The van der Waals surface area contributed by atoms with Crippen LogP contribution in [0.25, 0.3) is 0 Å². The number of benzene rings is 2. The number of hydrogen-bond donors (Lipinski definition) is 0. The van der Waals surface area contributed by atoms with Crippen LogP contribution < -0.4 is 4.90 Å². The maximum Gasteiger partial charge on any atom is 0.237 e. The van der Waals surface area contributed by atoms with Crippen LogP contribution in [-0.2, 0) is 0 Å². The van der Waals surface area contributed by atoms with Crippen LogP contribution in [0.15, 0.2) is 73.3 Å². The second-order valence-electron chi connectivity index (χ2n) is 3.94. The fourth-order valence-corrected chi connectivity index (χ4v) is 1.88. The predicted octanol–water partition coefficient (Wildman–Crippen LogP) is 3.34. The van der Waals surface area contributed by atoms with Gasteiger partial charge in [0.15, 0.2) is 0 Å². The normalized spacial score (nSPS) is 10.1. The number of aromatic nitrogens is 3. The summed E-state index contributed by atoms with van der Waals surface area (Å²) in [4.78, 5) is 14.3. The van der Waals surface area contributed by atoms with Crippen LogP contribution in [0.1, 0.15) is 0 Å². The fraction of sp³-hybridized carbons (Fsp3) is 0. The van der Waals surface area contributed by atoms with Crippen molar-refractivity contribution in [2.75, 3.05) is 4.90 Å². The molecular formula is C15H12N4.